The fourth-order valence-electron chi connectivity index (χ4n) is 2.20. The average molecular weight is 364 g/mol. The van der Waals surface area contributed by atoms with Crippen LogP contribution < -0.4 is 10.0 Å². The minimum absolute atomic E-state index is 0.0553. The Kier molecular flexibility index (Phi) is 6.27. The second kappa shape index (κ2) is 8.22. The highest BCUT2D eigenvalue weighted by Gasteiger charge is 2.15. The van der Waals surface area contributed by atoms with Crippen LogP contribution in [0, 0.1) is 5.82 Å². The summed E-state index contributed by atoms with van der Waals surface area (Å²) < 4.78 is 39.6. The Morgan fingerprint density at radius 1 is 1.08 bits per heavy atom. The van der Waals surface area contributed by atoms with E-state index < -0.39 is 34.0 Å². The smallest absolute Gasteiger partial charge is 0.239 e. The highest BCUT2D eigenvalue weighted by atomic mass is 32.2. The van der Waals surface area contributed by atoms with E-state index in [1.54, 1.807) is 18.2 Å². The van der Waals surface area contributed by atoms with Crippen LogP contribution >= 0.6 is 0 Å². The van der Waals surface area contributed by atoms with Gasteiger partial charge in [-0.25, -0.2) is 17.5 Å². The third kappa shape index (κ3) is 5.95. The molecule has 0 aliphatic carbocycles. The van der Waals surface area contributed by atoms with E-state index in [2.05, 4.69) is 23.9 Å². The molecule has 134 valence electrons. The summed E-state index contributed by atoms with van der Waals surface area (Å²) in [5, 5.41) is 2.62. The number of carbonyl (C=O) groups is 1. The van der Waals surface area contributed by atoms with Crippen LogP contribution in [0.25, 0.3) is 0 Å². The van der Waals surface area contributed by atoms with Crippen molar-refractivity contribution in [3.8, 4) is 0 Å². The lowest BCUT2D eigenvalue weighted by atomic mass is 10.0. The van der Waals surface area contributed by atoms with Gasteiger partial charge in [-0.1, -0.05) is 44.2 Å². The Morgan fingerprint density at radius 2 is 1.72 bits per heavy atom. The molecule has 0 saturated heterocycles. The van der Waals surface area contributed by atoms with Crippen LogP contribution in [0.5, 0.6) is 0 Å². The molecule has 2 aromatic rings. The van der Waals surface area contributed by atoms with Gasteiger partial charge in [0.05, 0.1) is 12.3 Å². The maximum absolute atomic E-state index is 13.5. The maximum Gasteiger partial charge on any atom is 0.239 e. The first-order valence-electron chi connectivity index (χ1n) is 7.87. The molecule has 7 heteroatoms. The summed E-state index contributed by atoms with van der Waals surface area (Å²) in [6, 6.07) is 13.0. The molecule has 0 unspecified atom stereocenters. The number of anilines is 1. The van der Waals surface area contributed by atoms with E-state index >= 15 is 0 Å². The van der Waals surface area contributed by atoms with Crippen molar-refractivity contribution in [2.24, 2.45) is 0 Å². The Balaban J connectivity index is 1.89. The molecule has 5 nitrogen and oxygen atoms in total. The van der Waals surface area contributed by atoms with Gasteiger partial charge in [-0.3, -0.25) is 4.79 Å². The third-order valence-corrected chi connectivity index (χ3v) is 4.89. The van der Waals surface area contributed by atoms with Gasteiger partial charge in [0.25, 0.3) is 0 Å². The molecule has 0 saturated carbocycles. The maximum atomic E-state index is 13.5. The van der Waals surface area contributed by atoms with E-state index in [1.165, 1.54) is 18.2 Å². The molecule has 0 radical (unpaired) electrons. The number of halogens is 1. The molecule has 0 heterocycles. The molecule has 0 aliphatic rings. The van der Waals surface area contributed by atoms with E-state index in [0.29, 0.717) is 11.6 Å². The number of hydrogen-bond donors (Lipinski definition) is 2. The molecule has 0 bridgehead atoms. The van der Waals surface area contributed by atoms with Crippen LogP contribution in [0.4, 0.5) is 10.1 Å². The first kappa shape index (κ1) is 19.1. The van der Waals surface area contributed by atoms with E-state index in [4.69, 9.17) is 0 Å². The summed E-state index contributed by atoms with van der Waals surface area (Å²) in [6.45, 7) is 3.72. The molecule has 1 amide bonds. The highest BCUT2D eigenvalue weighted by Crippen LogP contribution is 2.17. The van der Waals surface area contributed by atoms with E-state index in [9.17, 15) is 17.6 Å². The second-order valence-corrected chi connectivity index (χ2v) is 7.80. The van der Waals surface area contributed by atoms with Gasteiger partial charge < -0.3 is 5.32 Å². The Labute approximate surface area is 147 Å². The number of carbonyl (C=O) groups excluding carboxylic acids is 1. The van der Waals surface area contributed by atoms with E-state index in [0.717, 1.165) is 5.56 Å². The lowest BCUT2D eigenvalue weighted by molar-refractivity contribution is -0.115. The number of sulfonamides is 1. The molecule has 0 aromatic heterocycles. The fraction of sp³-hybridized carbons (Fsp3) is 0.278. The van der Waals surface area contributed by atoms with Gasteiger partial charge in [-0.05, 0) is 29.7 Å². The van der Waals surface area contributed by atoms with Gasteiger partial charge >= 0.3 is 0 Å². The largest absolute Gasteiger partial charge is 0.325 e. The normalized spacial score (nSPS) is 11.5. The van der Waals surface area contributed by atoms with Gasteiger partial charge in [-0.15, -0.1) is 0 Å². The number of rotatable bonds is 7. The molecule has 0 spiro atoms. The summed E-state index contributed by atoms with van der Waals surface area (Å²) in [5.41, 5.74) is 1.78. The first-order chi connectivity index (χ1) is 11.8. The Hall–Kier alpha value is -2.25. The molecular weight excluding hydrogens is 343 g/mol. The van der Waals surface area contributed by atoms with E-state index in [1.807, 2.05) is 12.1 Å². The predicted octanol–water partition coefficient (Wildman–Crippen LogP) is 3.01. The lowest BCUT2D eigenvalue weighted by Crippen LogP contribution is -2.33. The van der Waals surface area contributed by atoms with Crippen LogP contribution in [-0.4, -0.2) is 20.9 Å². The first-order valence-corrected chi connectivity index (χ1v) is 9.52. The minimum atomic E-state index is -3.81. The summed E-state index contributed by atoms with van der Waals surface area (Å²) >= 11 is 0. The van der Waals surface area contributed by atoms with Crippen molar-refractivity contribution in [1.29, 1.82) is 0 Å². The lowest BCUT2D eigenvalue weighted by Gasteiger charge is -2.10. The van der Waals surface area contributed by atoms with Crippen molar-refractivity contribution >= 4 is 21.6 Å². The quantitative estimate of drug-likeness (QED) is 0.793. The van der Waals surface area contributed by atoms with Gasteiger partial charge in [0, 0.05) is 11.3 Å². The standard InChI is InChI=1S/C18H21FN2O3S/c1-13(2)14-7-9-16(10-8-14)21-18(22)11-20-25(23,24)12-15-5-3-4-6-17(15)19/h3-10,13,20H,11-12H2,1-2H3,(H,21,22). The predicted molar refractivity (Wildman–Crippen MR) is 96.2 cm³/mol. The molecule has 25 heavy (non-hydrogen) atoms. The van der Waals surface area contributed by atoms with Crippen molar-refractivity contribution < 1.29 is 17.6 Å². The van der Waals surface area contributed by atoms with Crippen LogP contribution in [0.1, 0.15) is 30.9 Å². The van der Waals surface area contributed by atoms with Gasteiger partial charge in [-0.2, -0.15) is 0 Å². The minimum Gasteiger partial charge on any atom is -0.325 e. The number of amides is 1. The fourth-order valence-corrected chi connectivity index (χ4v) is 3.30. The topological polar surface area (TPSA) is 75.3 Å². The molecule has 0 fully saturated rings. The zero-order valence-corrected chi connectivity index (χ0v) is 14.9. The molecule has 2 N–H and O–H groups in total. The summed E-state index contributed by atoms with van der Waals surface area (Å²) in [6.07, 6.45) is 0. The summed E-state index contributed by atoms with van der Waals surface area (Å²) in [7, 11) is -3.81. The van der Waals surface area contributed by atoms with Gasteiger partial charge in [0.2, 0.25) is 15.9 Å². The summed E-state index contributed by atoms with van der Waals surface area (Å²) in [5.74, 6) is -1.22. The van der Waals surface area contributed by atoms with Crippen molar-refractivity contribution in [2.45, 2.75) is 25.5 Å². The monoisotopic (exact) mass is 364 g/mol. The zero-order chi connectivity index (χ0) is 18.4. The molecule has 0 atom stereocenters. The van der Waals surface area contributed by atoms with Gasteiger partial charge in [0.15, 0.2) is 0 Å². The number of benzene rings is 2. The Morgan fingerprint density at radius 3 is 2.32 bits per heavy atom. The average Bonchev–Trinajstić information content (AvgIpc) is 2.56. The van der Waals surface area contributed by atoms with E-state index in [-0.39, 0.29) is 5.56 Å². The molecule has 2 aromatic carbocycles. The number of hydrogen-bond acceptors (Lipinski definition) is 3. The molecule has 0 aliphatic heterocycles. The van der Waals surface area contributed by atoms with Crippen molar-refractivity contribution in [3.05, 3.63) is 65.5 Å². The number of nitrogens with one attached hydrogen (secondary N) is 2. The van der Waals surface area contributed by atoms with Crippen LogP contribution in [0.15, 0.2) is 48.5 Å². The zero-order valence-electron chi connectivity index (χ0n) is 14.1. The molecule has 2 rings (SSSR count). The van der Waals surface area contributed by atoms with Crippen LogP contribution in [-0.2, 0) is 20.6 Å². The van der Waals surface area contributed by atoms with Crippen molar-refractivity contribution in [1.82, 2.24) is 4.72 Å². The third-order valence-electron chi connectivity index (χ3n) is 3.62. The summed E-state index contributed by atoms with van der Waals surface area (Å²) in [4.78, 5) is 11.9. The van der Waals surface area contributed by atoms with Crippen LogP contribution in [0.2, 0.25) is 0 Å². The SMILES string of the molecule is CC(C)c1ccc(NC(=O)CNS(=O)(=O)Cc2ccccc2F)cc1. The van der Waals surface area contributed by atoms with Gasteiger partial charge in [0.1, 0.15) is 5.82 Å². The molecular formula is C18H21FN2O3S. The second-order valence-electron chi connectivity index (χ2n) is 6.00. The Bertz CT molecular complexity index is 834. The highest BCUT2D eigenvalue weighted by molar-refractivity contribution is 7.88. The van der Waals surface area contributed by atoms with Crippen molar-refractivity contribution in [3.63, 3.8) is 0 Å². The van der Waals surface area contributed by atoms with Crippen molar-refractivity contribution in [2.75, 3.05) is 11.9 Å². The van der Waals surface area contributed by atoms with Crippen LogP contribution in [0.3, 0.4) is 0 Å².